The van der Waals surface area contributed by atoms with Gasteiger partial charge >= 0.3 is 5.97 Å². The molecule has 0 aliphatic heterocycles. The lowest BCUT2D eigenvalue weighted by molar-refractivity contribution is -0.158. The molecule has 2 aromatic carbocycles. The Balaban J connectivity index is 1.66. The summed E-state index contributed by atoms with van der Waals surface area (Å²) in [7, 11) is 0. The summed E-state index contributed by atoms with van der Waals surface area (Å²) in [5.74, 6) is -1.39. The zero-order valence-electron chi connectivity index (χ0n) is 15.1. The molecule has 1 saturated carbocycles. The molecule has 3 rings (SSSR count). The quantitative estimate of drug-likeness (QED) is 0.737. The van der Waals surface area contributed by atoms with Gasteiger partial charge in [-0.2, -0.15) is 0 Å². The Hall–Kier alpha value is -3.15. The number of carbonyl (C=O) groups excluding carboxylic acids is 3. The van der Waals surface area contributed by atoms with Crippen molar-refractivity contribution < 1.29 is 19.1 Å². The average molecular weight is 366 g/mol. The lowest BCUT2D eigenvalue weighted by Crippen LogP contribution is -2.42. The number of carbonyl (C=O) groups is 3. The smallest absolute Gasteiger partial charge is 0.329 e. The lowest BCUT2D eigenvalue weighted by Gasteiger charge is -2.20. The summed E-state index contributed by atoms with van der Waals surface area (Å²) in [5, 5.41) is 5.46. The molecular formula is C21H22N2O4. The molecule has 0 heterocycles. The van der Waals surface area contributed by atoms with E-state index >= 15 is 0 Å². The summed E-state index contributed by atoms with van der Waals surface area (Å²) in [4.78, 5) is 37.2. The first-order valence-corrected chi connectivity index (χ1v) is 8.96. The minimum Gasteiger partial charge on any atom is -0.446 e. The fourth-order valence-corrected chi connectivity index (χ4v) is 2.55. The van der Waals surface area contributed by atoms with Gasteiger partial charge in [0.25, 0.3) is 11.8 Å². The Kier molecular flexibility index (Phi) is 5.86. The van der Waals surface area contributed by atoms with E-state index in [0.717, 1.165) is 12.8 Å². The van der Waals surface area contributed by atoms with Crippen LogP contribution in [0.5, 0.6) is 0 Å². The predicted octanol–water partition coefficient (Wildman–Crippen LogP) is 2.37. The van der Waals surface area contributed by atoms with E-state index in [0.29, 0.717) is 11.1 Å². The van der Waals surface area contributed by atoms with Crippen LogP contribution in [0.1, 0.15) is 41.8 Å². The number of benzene rings is 2. The summed E-state index contributed by atoms with van der Waals surface area (Å²) in [6, 6.07) is 16.7. The summed E-state index contributed by atoms with van der Waals surface area (Å²) in [6.07, 6.45) is 0.825. The molecule has 2 aromatic rings. The van der Waals surface area contributed by atoms with Crippen molar-refractivity contribution in [3.63, 3.8) is 0 Å². The molecule has 0 spiro atoms. The van der Waals surface area contributed by atoms with Crippen LogP contribution >= 0.6 is 0 Å². The highest BCUT2D eigenvalue weighted by atomic mass is 16.5. The van der Waals surface area contributed by atoms with Crippen molar-refractivity contribution in [3.8, 4) is 0 Å². The van der Waals surface area contributed by atoms with Gasteiger partial charge < -0.3 is 15.4 Å². The monoisotopic (exact) mass is 366 g/mol. The number of amides is 2. The van der Waals surface area contributed by atoms with Crippen LogP contribution in [0, 0.1) is 0 Å². The number of ether oxygens (including phenoxy) is 1. The van der Waals surface area contributed by atoms with Gasteiger partial charge in [0, 0.05) is 17.2 Å². The first-order valence-electron chi connectivity index (χ1n) is 8.96. The third-order valence-electron chi connectivity index (χ3n) is 4.24. The van der Waals surface area contributed by atoms with Crippen molar-refractivity contribution >= 4 is 17.8 Å². The SMILES string of the molecule is C[C@H](NC(=O)c1ccccc1)C(=O)O[C@H](C(=O)NC1CC1)c1ccccc1. The maximum absolute atomic E-state index is 12.5. The normalized spacial score (nSPS) is 15.3. The first kappa shape index (κ1) is 18.6. The molecule has 1 aliphatic carbocycles. The standard InChI is InChI=1S/C21H22N2O4/c1-14(22-19(24)16-10-6-3-7-11-16)21(26)27-18(15-8-4-2-5-9-15)20(25)23-17-12-13-17/h2-11,14,17-18H,12-13H2,1H3,(H,22,24)(H,23,25)/t14-,18-/m0/s1. The molecule has 0 saturated heterocycles. The van der Waals surface area contributed by atoms with Crippen LogP contribution in [0.25, 0.3) is 0 Å². The second kappa shape index (κ2) is 8.49. The molecule has 6 heteroatoms. The van der Waals surface area contributed by atoms with E-state index in [1.807, 2.05) is 6.07 Å². The summed E-state index contributed by atoms with van der Waals surface area (Å²) >= 11 is 0. The summed E-state index contributed by atoms with van der Waals surface area (Å²) in [6.45, 7) is 1.53. The van der Waals surface area contributed by atoms with Crippen molar-refractivity contribution in [1.29, 1.82) is 0 Å². The summed E-state index contributed by atoms with van der Waals surface area (Å²) in [5.41, 5.74) is 1.04. The molecule has 1 fully saturated rings. The van der Waals surface area contributed by atoms with Gasteiger partial charge in [0.15, 0.2) is 0 Å². The molecule has 0 bridgehead atoms. The van der Waals surface area contributed by atoms with Crippen molar-refractivity contribution in [1.82, 2.24) is 10.6 Å². The van der Waals surface area contributed by atoms with Crippen LogP contribution in [-0.2, 0) is 14.3 Å². The molecule has 140 valence electrons. The van der Waals surface area contributed by atoms with Gasteiger partial charge in [0.2, 0.25) is 6.10 Å². The zero-order chi connectivity index (χ0) is 19.2. The topological polar surface area (TPSA) is 84.5 Å². The van der Waals surface area contributed by atoms with Crippen LogP contribution in [0.2, 0.25) is 0 Å². The van der Waals surface area contributed by atoms with Crippen LogP contribution in [0.3, 0.4) is 0 Å². The van der Waals surface area contributed by atoms with Crippen molar-refractivity contribution in [3.05, 3.63) is 71.8 Å². The van der Waals surface area contributed by atoms with Gasteiger partial charge in [-0.25, -0.2) is 4.79 Å². The maximum atomic E-state index is 12.5. The molecule has 2 amide bonds. The maximum Gasteiger partial charge on any atom is 0.329 e. The van der Waals surface area contributed by atoms with Gasteiger partial charge in [0.1, 0.15) is 6.04 Å². The van der Waals surface area contributed by atoms with Gasteiger partial charge in [0.05, 0.1) is 0 Å². The largest absolute Gasteiger partial charge is 0.446 e. The molecule has 2 atom stereocenters. The minimum atomic E-state index is -1.05. The molecule has 2 N–H and O–H groups in total. The van der Waals surface area contributed by atoms with Gasteiger partial charge in [-0.3, -0.25) is 9.59 Å². The third kappa shape index (κ3) is 5.17. The van der Waals surface area contributed by atoms with Gasteiger partial charge in [-0.15, -0.1) is 0 Å². The van der Waals surface area contributed by atoms with E-state index in [-0.39, 0.29) is 17.9 Å². The number of hydrogen-bond acceptors (Lipinski definition) is 4. The Morgan fingerprint density at radius 2 is 1.56 bits per heavy atom. The van der Waals surface area contributed by atoms with Crippen LogP contribution in [-0.4, -0.2) is 29.9 Å². The Labute approximate surface area is 157 Å². The molecule has 1 aliphatic rings. The predicted molar refractivity (Wildman–Crippen MR) is 99.8 cm³/mol. The molecule has 27 heavy (non-hydrogen) atoms. The second-order valence-corrected chi connectivity index (χ2v) is 6.57. The first-order chi connectivity index (χ1) is 13.0. The number of nitrogens with one attached hydrogen (secondary N) is 2. The molecule has 0 aromatic heterocycles. The molecular weight excluding hydrogens is 344 g/mol. The highest BCUT2D eigenvalue weighted by Gasteiger charge is 2.32. The van der Waals surface area contributed by atoms with Crippen molar-refractivity contribution in [2.24, 2.45) is 0 Å². The highest BCUT2D eigenvalue weighted by molar-refractivity contribution is 5.97. The Morgan fingerprint density at radius 3 is 2.15 bits per heavy atom. The lowest BCUT2D eigenvalue weighted by atomic mass is 10.1. The fraction of sp³-hybridized carbons (Fsp3) is 0.286. The number of hydrogen-bond donors (Lipinski definition) is 2. The highest BCUT2D eigenvalue weighted by Crippen LogP contribution is 2.23. The number of rotatable bonds is 7. The minimum absolute atomic E-state index is 0.151. The average Bonchev–Trinajstić information content (AvgIpc) is 3.51. The fourth-order valence-electron chi connectivity index (χ4n) is 2.55. The van der Waals surface area contributed by atoms with Crippen LogP contribution < -0.4 is 10.6 Å². The van der Waals surface area contributed by atoms with Crippen molar-refractivity contribution in [2.75, 3.05) is 0 Å². The molecule has 0 radical (unpaired) electrons. The van der Waals surface area contributed by atoms with E-state index in [9.17, 15) is 14.4 Å². The second-order valence-electron chi connectivity index (χ2n) is 6.57. The Morgan fingerprint density at radius 1 is 0.963 bits per heavy atom. The third-order valence-corrected chi connectivity index (χ3v) is 4.24. The zero-order valence-corrected chi connectivity index (χ0v) is 15.1. The van der Waals surface area contributed by atoms with E-state index in [4.69, 9.17) is 4.74 Å². The van der Waals surface area contributed by atoms with Crippen LogP contribution in [0.4, 0.5) is 0 Å². The summed E-state index contributed by atoms with van der Waals surface area (Å²) < 4.78 is 5.46. The van der Waals surface area contributed by atoms with Crippen molar-refractivity contribution in [2.45, 2.75) is 38.0 Å². The Bertz CT molecular complexity index is 803. The van der Waals surface area contributed by atoms with E-state index in [1.54, 1.807) is 54.6 Å². The number of esters is 1. The van der Waals surface area contributed by atoms with Gasteiger partial charge in [-0.05, 0) is 31.9 Å². The van der Waals surface area contributed by atoms with E-state index in [2.05, 4.69) is 10.6 Å². The van der Waals surface area contributed by atoms with Crippen LogP contribution in [0.15, 0.2) is 60.7 Å². The molecule has 6 nitrogen and oxygen atoms in total. The van der Waals surface area contributed by atoms with E-state index in [1.165, 1.54) is 6.92 Å². The van der Waals surface area contributed by atoms with Gasteiger partial charge in [-0.1, -0.05) is 48.5 Å². The molecule has 0 unspecified atom stereocenters. The van der Waals surface area contributed by atoms with E-state index < -0.39 is 18.1 Å².